The maximum absolute atomic E-state index is 6.36. The molecule has 19 heavy (non-hydrogen) atoms. The minimum atomic E-state index is -0.750. The Kier molecular flexibility index (Phi) is 2.15. The van der Waals surface area contributed by atoms with Gasteiger partial charge < -0.3 is 10.1 Å². The van der Waals surface area contributed by atoms with Crippen LogP contribution in [-0.4, -0.2) is 10.9 Å². The van der Waals surface area contributed by atoms with Gasteiger partial charge in [-0.25, -0.2) is 4.99 Å². The highest BCUT2D eigenvalue weighted by atomic mass is 35.5. The lowest BCUT2D eigenvalue weighted by Gasteiger charge is -2.33. The van der Waals surface area contributed by atoms with E-state index in [0.717, 1.165) is 17.1 Å². The molecule has 0 saturated carbocycles. The summed E-state index contributed by atoms with van der Waals surface area (Å²) in [6.07, 6.45) is 0.680. The van der Waals surface area contributed by atoms with Gasteiger partial charge in [0.05, 0.1) is 0 Å². The fourth-order valence-corrected chi connectivity index (χ4v) is 2.82. The maximum atomic E-state index is 6.36. The first-order valence-corrected chi connectivity index (χ1v) is 6.53. The molecule has 4 heteroatoms. The number of aliphatic imine (C=N–C) groups is 1. The summed E-state index contributed by atoms with van der Waals surface area (Å²) in [7, 11) is 0. The number of nitrogens with one attached hydrogen (secondary N) is 1. The van der Waals surface area contributed by atoms with Gasteiger partial charge in [0.15, 0.2) is 5.17 Å². The van der Waals surface area contributed by atoms with E-state index in [1.807, 2.05) is 42.5 Å². The summed E-state index contributed by atoms with van der Waals surface area (Å²) in [6, 6.07) is 15.8. The van der Waals surface area contributed by atoms with Crippen LogP contribution in [0.5, 0.6) is 5.75 Å². The third-order valence-corrected chi connectivity index (χ3v) is 3.88. The molecule has 2 aliphatic heterocycles. The van der Waals surface area contributed by atoms with Gasteiger partial charge in [0.1, 0.15) is 11.4 Å². The third-order valence-electron chi connectivity index (χ3n) is 3.49. The van der Waals surface area contributed by atoms with Crippen molar-refractivity contribution in [2.45, 2.75) is 12.1 Å². The third kappa shape index (κ3) is 1.55. The molecule has 1 atom stereocenters. The van der Waals surface area contributed by atoms with E-state index >= 15 is 0 Å². The van der Waals surface area contributed by atoms with Crippen molar-refractivity contribution < 1.29 is 4.74 Å². The van der Waals surface area contributed by atoms with Crippen LogP contribution in [0, 0.1) is 0 Å². The molecule has 0 radical (unpaired) electrons. The number of halogens is 1. The van der Waals surface area contributed by atoms with Crippen molar-refractivity contribution in [3.63, 3.8) is 0 Å². The highest BCUT2D eigenvalue weighted by Crippen LogP contribution is 2.42. The van der Waals surface area contributed by atoms with E-state index in [4.69, 9.17) is 16.3 Å². The zero-order chi connectivity index (χ0) is 12.9. The lowest BCUT2D eigenvalue weighted by molar-refractivity contribution is 0.178. The van der Waals surface area contributed by atoms with Crippen LogP contribution < -0.4 is 10.1 Å². The highest BCUT2D eigenvalue weighted by Gasteiger charge is 2.45. The number of benzene rings is 2. The van der Waals surface area contributed by atoms with Crippen molar-refractivity contribution >= 4 is 28.1 Å². The van der Waals surface area contributed by atoms with Crippen LogP contribution in [-0.2, 0) is 6.42 Å². The van der Waals surface area contributed by atoms with Crippen molar-refractivity contribution in [3.8, 4) is 5.75 Å². The molecule has 2 heterocycles. The Morgan fingerprint density at radius 1 is 1.11 bits per heavy atom. The second-order valence-electron chi connectivity index (χ2n) is 4.76. The average molecular weight is 271 g/mol. The largest absolute Gasteiger partial charge is 0.459 e. The zero-order valence-corrected chi connectivity index (χ0v) is 10.8. The lowest BCUT2D eigenvalue weighted by atomic mass is 10.1. The average Bonchev–Trinajstić information content (AvgIpc) is 2.79. The van der Waals surface area contributed by atoms with Crippen molar-refractivity contribution in [2.24, 2.45) is 4.99 Å². The van der Waals surface area contributed by atoms with Crippen LogP contribution in [0.25, 0.3) is 0 Å². The van der Waals surface area contributed by atoms with Gasteiger partial charge in [-0.2, -0.15) is 0 Å². The summed E-state index contributed by atoms with van der Waals surface area (Å²) < 4.78 is 6.10. The van der Waals surface area contributed by atoms with Crippen molar-refractivity contribution in [1.82, 2.24) is 0 Å². The summed E-state index contributed by atoms with van der Waals surface area (Å²) in [6.45, 7) is 0. The number of ether oxygens (including phenoxy) is 1. The molecule has 0 bridgehead atoms. The zero-order valence-electron chi connectivity index (χ0n) is 10.1. The van der Waals surface area contributed by atoms with Gasteiger partial charge in [-0.05, 0) is 23.8 Å². The Bertz CT molecular complexity index is 671. The van der Waals surface area contributed by atoms with E-state index < -0.39 is 5.72 Å². The summed E-state index contributed by atoms with van der Waals surface area (Å²) in [5.74, 6) is 0.757. The molecule has 3 nitrogen and oxygen atoms in total. The number of hydrogen-bond acceptors (Lipinski definition) is 3. The SMILES string of the molecule is ClC1=Nc2ccccc2OC12Cc1ccccc1N2. The molecular formula is C15H11ClN2O. The normalized spacial score (nSPS) is 23.1. The maximum Gasteiger partial charge on any atom is 0.238 e. The van der Waals surface area contributed by atoms with E-state index in [9.17, 15) is 0 Å². The number of nitrogens with zero attached hydrogens (tertiary/aromatic N) is 1. The minimum Gasteiger partial charge on any atom is -0.459 e. The fourth-order valence-electron chi connectivity index (χ4n) is 2.57. The molecule has 1 N–H and O–H groups in total. The summed E-state index contributed by atoms with van der Waals surface area (Å²) in [5, 5.41) is 3.80. The van der Waals surface area contributed by atoms with Gasteiger partial charge >= 0.3 is 0 Å². The Labute approximate surface area is 115 Å². The summed E-state index contributed by atoms with van der Waals surface area (Å²) in [4.78, 5) is 4.46. The number of anilines is 1. The molecule has 0 saturated heterocycles. The molecule has 2 aromatic rings. The molecule has 0 fully saturated rings. The molecule has 2 aromatic carbocycles. The minimum absolute atomic E-state index is 0.447. The monoisotopic (exact) mass is 270 g/mol. The Morgan fingerprint density at radius 3 is 2.79 bits per heavy atom. The molecule has 94 valence electrons. The molecule has 0 aromatic heterocycles. The highest BCUT2D eigenvalue weighted by molar-refractivity contribution is 6.68. The van der Waals surface area contributed by atoms with Crippen LogP contribution >= 0.6 is 11.6 Å². The van der Waals surface area contributed by atoms with Crippen molar-refractivity contribution in [2.75, 3.05) is 5.32 Å². The van der Waals surface area contributed by atoms with Gasteiger partial charge in [-0.3, -0.25) is 0 Å². The standard InChI is InChI=1S/C15H11ClN2O/c16-14-15(9-10-5-1-2-6-11(10)18-15)19-13-8-4-3-7-12(13)17-14/h1-8,18H,9H2. The Morgan fingerprint density at radius 2 is 1.89 bits per heavy atom. The first-order chi connectivity index (χ1) is 9.27. The van der Waals surface area contributed by atoms with E-state index in [1.54, 1.807) is 0 Å². The van der Waals surface area contributed by atoms with Crippen LogP contribution in [0.1, 0.15) is 5.56 Å². The number of hydrogen-bond donors (Lipinski definition) is 1. The molecule has 0 aliphatic carbocycles. The topological polar surface area (TPSA) is 33.6 Å². The molecule has 0 amide bonds. The molecular weight excluding hydrogens is 260 g/mol. The Hall–Kier alpha value is -2.00. The summed E-state index contributed by atoms with van der Waals surface area (Å²) in [5.41, 5.74) is 2.26. The molecule has 4 rings (SSSR count). The van der Waals surface area contributed by atoms with Gasteiger partial charge in [0.25, 0.3) is 0 Å². The van der Waals surface area contributed by atoms with E-state index in [1.165, 1.54) is 5.56 Å². The van der Waals surface area contributed by atoms with Crippen LogP contribution in [0.15, 0.2) is 53.5 Å². The fraction of sp³-hybridized carbons (Fsp3) is 0.133. The summed E-state index contributed by atoms with van der Waals surface area (Å²) >= 11 is 6.36. The van der Waals surface area contributed by atoms with E-state index in [0.29, 0.717) is 11.6 Å². The van der Waals surface area contributed by atoms with Crippen molar-refractivity contribution in [3.05, 3.63) is 54.1 Å². The second-order valence-corrected chi connectivity index (χ2v) is 5.12. The molecule has 1 spiro atoms. The van der Waals surface area contributed by atoms with Gasteiger partial charge in [0.2, 0.25) is 5.72 Å². The first-order valence-electron chi connectivity index (χ1n) is 6.16. The van der Waals surface area contributed by atoms with Crippen LogP contribution in [0.3, 0.4) is 0 Å². The predicted octanol–water partition coefficient (Wildman–Crippen LogP) is 3.71. The second kappa shape index (κ2) is 3.75. The lowest BCUT2D eigenvalue weighted by Crippen LogP contribution is -2.49. The quantitative estimate of drug-likeness (QED) is 0.792. The number of rotatable bonds is 0. The van der Waals surface area contributed by atoms with Gasteiger partial charge in [-0.15, -0.1) is 0 Å². The first kappa shape index (κ1) is 10.9. The Balaban J connectivity index is 1.80. The number of para-hydroxylation sites is 3. The van der Waals surface area contributed by atoms with E-state index in [2.05, 4.69) is 16.4 Å². The molecule has 1 unspecified atom stereocenters. The molecule has 2 aliphatic rings. The number of fused-ring (bicyclic) bond motifs is 2. The van der Waals surface area contributed by atoms with E-state index in [-0.39, 0.29) is 0 Å². The van der Waals surface area contributed by atoms with Crippen LogP contribution in [0.4, 0.5) is 11.4 Å². The van der Waals surface area contributed by atoms with Gasteiger partial charge in [0, 0.05) is 12.1 Å². The predicted molar refractivity (Wildman–Crippen MR) is 76.5 cm³/mol. The van der Waals surface area contributed by atoms with Crippen LogP contribution in [0.2, 0.25) is 0 Å². The van der Waals surface area contributed by atoms with Gasteiger partial charge in [-0.1, -0.05) is 41.9 Å². The smallest absolute Gasteiger partial charge is 0.238 e. The van der Waals surface area contributed by atoms with Crippen molar-refractivity contribution in [1.29, 1.82) is 0 Å².